The van der Waals surface area contributed by atoms with E-state index in [1.165, 1.54) is 24.1 Å². The van der Waals surface area contributed by atoms with Crippen LogP contribution in [0.1, 0.15) is 30.1 Å². The number of likely N-dealkylation sites (N-methyl/N-ethyl adjacent to an activating group) is 1. The zero-order chi connectivity index (χ0) is 19.3. The van der Waals surface area contributed by atoms with E-state index in [1.54, 1.807) is 11.8 Å². The summed E-state index contributed by atoms with van der Waals surface area (Å²) < 4.78 is 18.9. The van der Waals surface area contributed by atoms with Crippen LogP contribution in [0.25, 0.3) is 0 Å². The molecule has 1 fully saturated rings. The molecule has 1 aliphatic rings. The zero-order valence-corrected chi connectivity index (χ0v) is 16.4. The lowest BCUT2D eigenvalue weighted by atomic mass is 9.98. The summed E-state index contributed by atoms with van der Waals surface area (Å²) >= 11 is 3.22. The summed E-state index contributed by atoms with van der Waals surface area (Å²) in [6.45, 7) is 2.75. The Balaban J connectivity index is 1.98. The second-order valence-electron chi connectivity index (χ2n) is 6.22. The van der Waals surface area contributed by atoms with E-state index in [-0.39, 0.29) is 29.9 Å². The van der Waals surface area contributed by atoms with Gasteiger partial charge in [0.05, 0.1) is 24.6 Å². The number of hydrogen-bond acceptors (Lipinski definition) is 4. The molecule has 0 aromatic heterocycles. The van der Waals surface area contributed by atoms with Gasteiger partial charge in [0.15, 0.2) is 0 Å². The van der Waals surface area contributed by atoms with Crippen molar-refractivity contribution in [2.75, 3.05) is 33.3 Å². The van der Waals surface area contributed by atoms with Gasteiger partial charge in [-0.05, 0) is 53.9 Å². The highest BCUT2D eigenvalue weighted by Crippen LogP contribution is 2.21. The summed E-state index contributed by atoms with van der Waals surface area (Å²) in [4.78, 5) is 39.7. The van der Waals surface area contributed by atoms with Gasteiger partial charge in [0.1, 0.15) is 5.82 Å². The van der Waals surface area contributed by atoms with Crippen molar-refractivity contribution < 1.29 is 23.5 Å². The van der Waals surface area contributed by atoms with E-state index in [4.69, 9.17) is 4.74 Å². The Labute approximate surface area is 160 Å². The predicted molar refractivity (Wildman–Crippen MR) is 97.0 cm³/mol. The number of rotatable bonds is 5. The van der Waals surface area contributed by atoms with Crippen LogP contribution < -0.4 is 0 Å². The van der Waals surface area contributed by atoms with Gasteiger partial charge >= 0.3 is 5.97 Å². The Morgan fingerprint density at radius 3 is 2.81 bits per heavy atom. The standard InChI is InChI=1S/C18H22BrFN2O4/c1-3-26-18(25)12-5-4-8-22(10-12)16(23)11-21(2)17(24)14-9-13(20)6-7-15(14)19/h6-7,9,12H,3-5,8,10-11H2,1-2H3. The molecule has 2 amide bonds. The first-order valence-electron chi connectivity index (χ1n) is 8.48. The Morgan fingerprint density at radius 2 is 2.12 bits per heavy atom. The van der Waals surface area contributed by atoms with Crippen LogP contribution in [0.3, 0.4) is 0 Å². The highest BCUT2D eigenvalue weighted by molar-refractivity contribution is 9.10. The molecule has 1 unspecified atom stereocenters. The molecule has 1 aliphatic heterocycles. The number of nitrogens with zero attached hydrogens (tertiary/aromatic N) is 2. The van der Waals surface area contributed by atoms with Gasteiger partial charge in [-0.2, -0.15) is 0 Å². The monoisotopic (exact) mass is 428 g/mol. The van der Waals surface area contributed by atoms with Crippen LogP contribution in [0.2, 0.25) is 0 Å². The molecule has 0 radical (unpaired) electrons. The number of likely N-dealkylation sites (tertiary alicyclic amines) is 1. The number of amides is 2. The van der Waals surface area contributed by atoms with Crippen molar-refractivity contribution in [1.82, 2.24) is 9.80 Å². The minimum Gasteiger partial charge on any atom is -0.466 e. The van der Waals surface area contributed by atoms with Crippen LogP contribution in [-0.2, 0) is 14.3 Å². The van der Waals surface area contributed by atoms with E-state index in [2.05, 4.69) is 15.9 Å². The number of hydrogen-bond donors (Lipinski definition) is 0. The molecule has 1 atom stereocenters. The van der Waals surface area contributed by atoms with Crippen molar-refractivity contribution in [3.05, 3.63) is 34.1 Å². The van der Waals surface area contributed by atoms with Gasteiger partial charge in [0, 0.05) is 24.6 Å². The summed E-state index contributed by atoms with van der Waals surface area (Å²) in [6, 6.07) is 3.83. The normalized spacial score (nSPS) is 16.9. The fourth-order valence-electron chi connectivity index (χ4n) is 2.90. The van der Waals surface area contributed by atoms with E-state index in [0.717, 1.165) is 6.07 Å². The van der Waals surface area contributed by atoms with Gasteiger partial charge < -0.3 is 14.5 Å². The Hall–Kier alpha value is -1.96. The molecule has 0 N–H and O–H groups in total. The molecule has 0 saturated carbocycles. The molecule has 8 heteroatoms. The Bertz CT molecular complexity index is 698. The fraction of sp³-hybridized carbons (Fsp3) is 0.500. The third-order valence-electron chi connectivity index (χ3n) is 4.27. The third kappa shape index (κ3) is 5.03. The molecule has 1 saturated heterocycles. The van der Waals surface area contributed by atoms with Crippen LogP contribution >= 0.6 is 15.9 Å². The van der Waals surface area contributed by atoms with Crippen molar-refractivity contribution >= 4 is 33.7 Å². The second-order valence-corrected chi connectivity index (χ2v) is 7.07. The molecule has 26 heavy (non-hydrogen) atoms. The van der Waals surface area contributed by atoms with Crippen molar-refractivity contribution in [1.29, 1.82) is 0 Å². The average molecular weight is 429 g/mol. The Kier molecular flexibility index (Phi) is 7.14. The summed E-state index contributed by atoms with van der Waals surface area (Å²) in [6.07, 6.45) is 1.40. The third-order valence-corrected chi connectivity index (χ3v) is 4.96. The maximum atomic E-state index is 13.4. The summed E-state index contributed by atoms with van der Waals surface area (Å²) in [7, 11) is 1.49. The number of halogens is 2. The van der Waals surface area contributed by atoms with E-state index in [9.17, 15) is 18.8 Å². The van der Waals surface area contributed by atoms with Gasteiger partial charge in [-0.3, -0.25) is 14.4 Å². The predicted octanol–water partition coefficient (Wildman–Crippen LogP) is 2.46. The summed E-state index contributed by atoms with van der Waals surface area (Å²) in [5.41, 5.74) is 0.156. The molecule has 0 bridgehead atoms. The van der Waals surface area contributed by atoms with E-state index < -0.39 is 11.7 Å². The first-order valence-corrected chi connectivity index (χ1v) is 9.27. The topological polar surface area (TPSA) is 66.9 Å². The molecule has 6 nitrogen and oxygen atoms in total. The van der Waals surface area contributed by atoms with Crippen molar-refractivity contribution in [3.8, 4) is 0 Å². The summed E-state index contributed by atoms with van der Waals surface area (Å²) in [5, 5.41) is 0. The number of piperidine rings is 1. The quantitative estimate of drug-likeness (QED) is 0.675. The van der Waals surface area contributed by atoms with Gasteiger partial charge in [0.25, 0.3) is 5.91 Å². The van der Waals surface area contributed by atoms with Gasteiger partial charge in [-0.1, -0.05) is 0 Å². The van der Waals surface area contributed by atoms with Crippen molar-refractivity contribution in [2.24, 2.45) is 5.92 Å². The average Bonchev–Trinajstić information content (AvgIpc) is 2.63. The highest BCUT2D eigenvalue weighted by Gasteiger charge is 2.30. The molecule has 1 aromatic rings. The van der Waals surface area contributed by atoms with Crippen molar-refractivity contribution in [3.63, 3.8) is 0 Å². The maximum Gasteiger partial charge on any atom is 0.310 e. The minimum atomic E-state index is -0.524. The molecular weight excluding hydrogens is 407 g/mol. The SMILES string of the molecule is CCOC(=O)C1CCCN(C(=O)CN(C)C(=O)c2cc(F)ccc2Br)C1. The van der Waals surface area contributed by atoms with E-state index in [1.807, 2.05) is 0 Å². The lowest BCUT2D eigenvalue weighted by molar-refractivity contribution is -0.151. The highest BCUT2D eigenvalue weighted by atomic mass is 79.9. The number of carbonyl (C=O) groups excluding carboxylic acids is 3. The lowest BCUT2D eigenvalue weighted by Gasteiger charge is -2.32. The van der Waals surface area contributed by atoms with Crippen LogP contribution in [0.5, 0.6) is 0 Å². The molecular formula is C18H22BrFN2O4. The Morgan fingerprint density at radius 1 is 1.38 bits per heavy atom. The second kappa shape index (κ2) is 9.12. The van der Waals surface area contributed by atoms with E-state index in [0.29, 0.717) is 37.0 Å². The molecule has 1 heterocycles. The number of benzene rings is 1. The number of ether oxygens (including phenoxy) is 1. The zero-order valence-electron chi connectivity index (χ0n) is 14.8. The van der Waals surface area contributed by atoms with Crippen LogP contribution in [0, 0.1) is 11.7 Å². The first kappa shape index (κ1) is 20.4. The number of carbonyl (C=O) groups is 3. The molecule has 0 spiro atoms. The van der Waals surface area contributed by atoms with Crippen LogP contribution in [0.4, 0.5) is 4.39 Å². The summed E-state index contributed by atoms with van der Waals surface area (Å²) in [5.74, 6) is -1.85. The first-order chi connectivity index (χ1) is 12.3. The van der Waals surface area contributed by atoms with Gasteiger partial charge in [0.2, 0.25) is 5.91 Å². The minimum absolute atomic E-state index is 0.142. The molecule has 2 rings (SSSR count). The van der Waals surface area contributed by atoms with Crippen LogP contribution in [-0.4, -0.2) is 60.9 Å². The van der Waals surface area contributed by atoms with Gasteiger partial charge in [-0.25, -0.2) is 4.39 Å². The molecule has 142 valence electrons. The molecule has 1 aromatic carbocycles. The smallest absolute Gasteiger partial charge is 0.310 e. The van der Waals surface area contributed by atoms with Crippen LogP contribution in [0.15, 0.2) is 22.7 Å². The largest absolute Gasteiger partial charge is 0.466 e. The van der Waals surface area contributed by atoms with Crippen molar-refractivity contribution in [2.45, 2.75) is 19.8 Å². The molecule has 0 aliphatic carbocycles. The fourth-order valence-corrected chi connectivity index (χ4v) is 3.31. The van der Waals surface area contributed by atoms with E-state index >= 15 is 0 Å². The number of esters is 1. The van der Waals surface area contributed by atoms with Gasteiger partial charge in [-0.15, -0.1) is 0 Å². The lowest BCUT2D eigenvalue weighted by Crippen LogP contribution is -2.47. The maximum absolute atomic E-state index is 13.4.